The van der Waals surface area contributed by atoms with E-state index in [2.05, 4.69) is 10.1 Å². The van der Waals surface area contributed by atoms with Crippen molar-refractivity contribution in [2.75, 3.05) is 13.2 Å². The summed E-state index contributed by atoms with van der Waals surface area (Å²) < 4.78 is 10.3. The van der Waals surface area contributed by atoms with Crippen LogP contribution in [0.15, 0.2) is 0 Å². The molecular weight excluding hydrogens is 302 g/mol. The van der Waals surface area contributed by atoms with Crippen LogP contribution in [0.4, 0.5) is 0 Å². The molecule has 23 heavy (non-hydrogen) atoms. The summed E-state index contributed by atoms with van der Waals surface area (Å²) in [5.74, 6) is -0.946. The van der Waals surface area contributed by atoms with E-state index in [4.69, 9.17) is 15.0 Å². The topological polar surface area (TPSA) is 118 Å². The van der Waals surface area contributed by atoms with Crippen LogP contribution < -0.4 is 5.32 Å². The van der Waals surface area contributed by atoms with Crippen LogP contribution in [0, 0.1) is 5.92 Å². The molecule has 0 unspecified atom stereocenters. The van der Waals surface area contributed by atoms with E-state index in [0.29, 0.717) is 12.5 Å². The van der Waals surface area contributed by atoms with E-state index in [0.717, 1.165) is 19.1 Å². The molecule has 128 valence electrons. The zero-order valence-corrected chi connectivity index (χ0v) is 13.5. The Morgan fingerprint density at radius 3 is 2.61 bits per heavy atom. The molecule has 0 spiro atoms. The molecule has 8 heteroatoms. The molecule has 0 aliphatic heterocycles. The highest BCUT2D eigenvalue weighted by molar-refractivity contribution is 6.25. The molecule has 0 bridgehead atoms. The van der Waals surface area contributed by atoms with Crippen LogP contribution in [-0.4, -0.2) is 54.0 Å². The Labute approximate surface area is 135 Å². The number of carbonyl (C=O) groups excluding carboxylic acids is 3. The minimum Gasteiger partial charge on any atom is -0.461 e. The molecule has 0 aromatic heterocycles. The first kappa shape index (κ1) is 19.0. The van der Waals surface area contributed by atoms with E-state index in [1.54, 1.807) is 13.8 Å². The standard InChI is InChI=1S/C15H23N3O5/c1-10(2)23-15(21)13(6-5-12(19)7-17-16)18-14(20)9-22-8-11-3-4-11/h7,10-11,13H,3-6,8-9H2,1-2H3,(H,18,20)/t13-/m0/s1. The summed E-state index contributed by atoms with van der Waals surface area (Å²) in [5, 5.41) is 2.52. The number of nitrogens with zero attached hydrogens (tertiary/aromatic N) is 2. The van der Waals surface area contributed by atoms with Crippen LogP contribution in [0.2, 0.25) is 0 Å². The average molecular weight is 325 g/mol. The quantitative estimate of drug-likeness (QED) is 0.257. The summed E-state index contributed by atoms with van der Waals surface area (Å²) in [6, 6.07) is -0.939. The summed E-state index contributed by atoms with van der Waals surface area (Å²) in [5.41, 5.74) is 8.29. The Morgan fingerprint density at radius 1 is 1.35 bits per heavy atom. The second kappa shape index (κ2) is 9.86. The van der Waals surface area contributed by atoms with Gasteiger partial charge in [-0.15, -0.1) is 0 Å². The van der Waals surface area contributed by atoms with E-state index in [9.17, 15) is 14.4 Å². The lowest BCUT2D eigenvalue weighted by atomic mass is 10.1. The van der Waals surface area contributed by atoms with E-state index in [1.165, 1.54) is 0 Å². The van der Waals surface area contributed by atoms with Crippen LogP contribution in [0.25, 0.3) is 5.53 Å². The minimum atomic E-state index is -0.939. The summed E-state index contributed by atoms with van der Waals surface area (Å²) in [6.45, 7) is 3.80. The number of nitrogens with one attached hydrogen (secondary N) is 1. The first-order valence-corrected chi connectivity index (χ1v) is 7.70. The Hall–Kier alpha value is -2.05. The van der Waals surface area contributed by atoms with Gasteiger partial charge in [0.1, 0.15) is 12.6 Å². The van der Waals surface area contributed by atoms with Gasteiger partial charge in [-0.2, -0.15) is 4.79 Å². The Bertz CT molecular complexity index is 482. The monoisotopic (exact) mass is 325 g/mol. The number of rotatable bonds is 11. The van der Waals surface area contributed by atoms with Gasteiger partial charge in [0.2, 0.25) is 11.7 Å². The molecule has 0 aromatic carbocycles. The molecule has 1 atom stereocenters. The zero-order valence-electron chi connectivity index (χ0n) is 13.5. The van der Waals surface area contributed by atoms with E-state index >= 15 is 0 Å². The third kappa shape index (κ3) is 8.85. The maximum Gasteiger partial charge on any atom is 0.328 e. The maximum absolute atomic E-state index is 12.0. The SMILES string of the molecule is CC(C)OC(=O)[C@H](CCC(=O)C=[N+]=[N-])NC(=O)COCC1CC1. The summed E-state index contributed by atoms with van der Waals surface area (Å²) in [7, 11) is 0. The summed E-state index contributed by atoms with van der Waals surface area (Å²) in [6.07, 6.45) is 2.68. The number of Topliss-reactive ketones (excluding diaryl/α,β-unsaturated/α-hetero) is 1. The maximum atomic E-state index is 12.0. The Balaban J connectivity index is 2.46. The molecule has 1 amide bonds. The van der Waals surface area contributed by atoms with Crippen LogP contribution >= 0.6 is 0 Å². The van der Waals surface area contributed by atoms with Crippen molar-refractivity contribution in [3.8, 4) is 0 Å². The van der Waals surface area contributed by atoms with Gasteiger partial charge < -0.3 is 20.3 Å². The van der Waals surface area contributed by atoms with Crippen molar-refractivity contribution in [1.82, 2.24) is 5.32 Å². The fraction of sp³-hybridized carbons (Fsp3) is 0.733. The molecule has 1 aliphatic carbocycles. The largest absolute Gasteiger partial charge is 0.461 e. The lowest BCUT2D eigenvalue weighted by Crippen LogP contribution is -2.44. The number of amides is 1. The van der Waals surface area contributed by atoms with Gasteiger partial charge in [0.05, 0.1) is 12.7 Å². The number of ether oxygens (including phenoxy) is 2. The molecule has 1 saturated carbocycles. The molecule has 0 aromatic rings. The molecular formula is C15H23N3O5. The van der Waals surface area contributed by atoms with Gasteiger partial charge in [0.25, 0.3) is 0 Å². The average Bonchev–Trinajstić information content (AvgIpc) is 3.27. The third-order valence-corrected chi connectivity index (χ3v) is 3.14. The van der Waals surface area contributed by atoms with E-state index in [-0.39, 0.29) is 25.6 Å². The number of ketones is 1. The fourth-order valence-corrected chi connectivity index (χ4v) is 1.82. The molecule has 8 nitrogen and oxygen atoms in total. The zero-order chi connectivity index (χ0) is 17.2. The van der Waals surface area contributed by atoms with Gasteiger partial charge in [0.15, 0.2) is 0 Å². The molecule has 0 heterocycles. The van der Waals surface area contributed by atoms with Crippen molar-refractivity contribution in [1.29, 1.82) is 0 Å². The van der Waals surface area contributed by atoms with Crippen LogP contribution in [0.3, 0.4) is 0 Å². The highest BCUT2D eigenvalue weighted by atomic mass is 16.5. The number of hydrogen-bond donors (Lipinski definition) is 1. The van der Waals surface area contributed by atoms with Crippen molar-refractivity contribution >= 4 is 23.9 Å². The number of hydrogen-bond acceptors (Lipinski definition) is 5. The molecule has 1 rings (SSSR count). The molecule has 1 fully saturated rings. The Morgan fingerprint density at radius 2 is 2.04 bits per heavy atom. The van der Waals surface area contributed by atoms with Crippen molar-refractivity contribution in [3.05, 3.63) is 5.53 Å². The van der Waals surface area contributed by atoms with Crippen LogP contribution in [0.5, 0.6) is 0 Å². The second-order valence-corrected chi connectivity index (χ2v) is 5.81. The molecule has 1 N–H and O–H groups in total. The van der Waals surface area contributed by atoms with Gasteiger partial charge in [-0.1, -0.05) is 0 Å². The predicted molar refractivity (Wildman–Crippen MR) is 80.6 cm³/mol. The van der Waals surface area contributed by atoms with Gasteiger partial charge in [-0.05, 0) is 39.0 Å². The minimum absolute atomic E-state index is 0.0505. The smallest absolute Gasteiger partial charge is 0.328 e. The molecule has 0 saturated heterocycles. The third-order valence-electron chi connectivity index (χ3n) is 3.14. The van der Waals surface area contributed by atoms with Gasteiger partial charge >= 0.3 is 12.2 Å². The Kier molecular flexibility index (Phi) is 8.15. The normalized spacial score (nSPS) is 14.7. The fourth-order valence-electron chi connectivity index (χ4n) is 1.82. The van der Waals surface area contributed by atoms with Crippen LogP contribution in [0.1, 0.15) is 39.5 Å². The number of esters is 1. The van der Waals surface area contributed by atoms with Gasteiger partial charge in [-0.25, -0.2) is 4.79 Å². The predicted octanol–water partition coefficient (Wildman–Crippen LogP) is 0.499. The molecule has 0 radical (unpaired) electrons. The van der Waals surface area contributed by atoms with Crippen molar-refractivity contribution in [2.45, 2.75) is 51.7 Å². The first-order chi connectivity index (χ1) is 10.9. The van der Waals surface area contributed by atoms with Crippen molar-refractivity contribution in [2.24, 2.45) is 5.92 Å². The lowest BCUT2D eigenvalue weighted by molar-refractivity contribution is -0.152. The van der Waals surface area contributed by atoms with Crippen molar-refractivity contribution in [3.63, 3.8) is 0 Å². The molecule has 1 aliphatic rings. The number of carbonyl (C=O) groups is 3. The summed E-state index contributed by atoms with van der Waals surface area (Å²) >= 11 is 0. The highest BCUT2D eigenvalue weighted by Gasteiger charge is 2.25. The van der Waals surface area contributed by atoms with Gasteiger partial charge in [0, 0.05) is 6.42 Å². The second-order valence-electron chi connectivity index (χ2n) is 5.81. The summed E-state index contributed by atoms with van der Waals surface area (Å²) in [4.78, 5) is 37.8. The van der Waals surface area contributed by atoms with Crippen molar-refractivity contribution < 1.29 is 28.6 Å². The van der Waals surface area contributed by atoms with Crippen LogP contribution in [-0.2, 0) is 23.9 Å². The highest BCUT2D eigenvalue weighted by Crippen LogP contribution is 2.28. The van der Waals surface area contributed by atoms with E-state index in [1.807, 2.05) is 0 Å². The van der Waals surface area contributed by atoms with E-state index < -0.39 is 23.7 Å². The first-order valence-electron chi connectivity index (χ1n) is 7.70. The van der Waals surface area contributed by atoms with Gasteiger partial charge in [-0.3, -0.25) is 9.59 Å². The lowest BCUT2D eigenvalue weighted by Gasteiger charge is -2.18.